The number of hydrogen-bond acceptors (Lipinski definition) is 3. The van der Waals surface area contributed by atoms with Gasteiger partial charge in [-0.15, -0.1) is 0 Å². The minimum absolute atomic E-state index is 0.255. The lowest BCUT2D eigenvalue weighted by atomic mass is 10.0. The lowest BCUT2D eigenvalue weighted by Crippen LogP contribution is -2.60. The van der Waals surface area contributed by atoms with E-state index in [0.29, 0.717) is 0 Å². The van der Waals surface area contributed by atoms with Gasteiger partial charge in [0, 0.05) is 0 Å². The van der Waals surface area contributed by atoms with Crippen molar-refractivity contribution in [1.29, 1.82) is 0 Å². The van der Waals surface area contributed by atoms with E-state index >= 15 is 0 Å². The monoisotopic (exact) mass is 487 g/mol. The SMILES string of the molecule is O=C(OCC(O)(C(F)(F)F)C(F)(F)F)c1ccc([S+](c2ccccc2)c2ccccc2)cc1. The first-order valence-electron chi connectivity index (χ1n) is 9.41. The summed E-state index contributed by atoms with van der Waals surface area (Å²) >= 11 is 0. The molecule has 10 heteroatoms. The predicted octanol–water partition coefficient (Wildman–Crippen LogP) is 5.79. The normalized spacial score (nSPS) is 12.6. The van der Waals surface area contributed by atoms with Crippen LogP contribution in [0.25, 0.3) is 0 Å². The average Bonchev–Trinajstić information content (AvgIpc) is 2.78. The highest BCUT2D eigenvalue weighted by atomic mass is 32.2. The maximum atomic E-state index is 12.8. The van der Waals surface area contributed by atoms with Crippen LogP contribution < -0.4 is 0 Å². The van der Waals surface area contributed by atoms with Crippen LogP contribution in [0, 0.1) is 0 Å². The predicted molar refractivity (Wildman–Crippen MR) is 109 cm³/mol. The number of rotatable bonds is 6. The van der Waals surface area contributed by atoms with Crippen molar-refractivity contribution < 1.29 is 41.0 Å². The zero-order valence-electron chi connectivity index (χ0n) is 16.7. The van der Waals surface area contributed by atoms with Crippen molar-refractivity contribution in [2.24, 2.45) is 0 Å². The van der Waals surface area contributed by atoms with Crippen LogP contribution in [-0.4, -0.2) is 35.6 Å². The number of carbonyl (C=O) groups excluding carboxylic acids is 1. The first-order valence-corrected chi connectivity index (χ1v) is 10.6. The molecule has 3 aromatic rings. The molecule has 174 valence electrons. The summed E-state index contributed by atoms with van der Waals surface area (Å²) in [7, 11) is -0.567. The van der Waals surface area contributed by atoms with Crippen molar-refractivity contribution >= 4 is 16.9 Å². The van der Waals surface area contributed by atoms with Crippen molar-refractivity contribution in [1.82, 2.24) is 0 Å². The molecule has 0 aromatic heterocycles. The molecule has 0 aliphatic rings. The van der Waals surface area contributed by atoms with E-state index in [1.54, 1.807) is 12.1 Å². The third-order valence-corrected chi connectivity index (χ3v) is 6.86. The number of alkyl halides is 6. The van der Waals surface area contributed by atoms with E-state index in [1.165, 1.54) is 12.1 Å². The Morgan fingerprint density at radius 3 is 1.48 bits per heavy atom. The van der Waals surface area contributed by atoms with Crippen molar-refractivity contribution in [3.63, 3.8) is 0 Å². The van der Waals surface area contributed by atoms with Crippen LogP contribution in [0.5, 0.6) is 0 Å². The number of benzene rings is 3. The second kappa shape index (κ2) is 9.48. The second-order valence-corrected chi connectivity index (χ2v) is 8.92. The first kappa shape index (κ1) is 24.7. The molecule has 0 atom stereocenters. The Bertz CT molecular complexity index is 1010. The molecule has 0 spiro atoms. The molecule has 0 amide bonds. The topological polar surface area (TPSA) is 46.5 Å². The lowest BCUT2D eigenvalue weighted by Gasteiger charge is -2.31. The summed E-state index contributed by atoms with van der Waals surface area (Å²) in [6.07, 6.45) is -12.1. The maximum Gasteiger partial charge on any atom is 0.429 e. The van der Waals surface area contributed by atoms with Crippen LogP contribution in [0.1, 0.15) is 10.4 Å². The van der Waals surface area contributed by atoms with Gasteiger partial charge in [0.15, 0.2) is 14.7 Å². The van der Waals surface area contributed by atoms with E-state index in [-0.39, 0.29) is 5.56 Å². The van der Waals surface area contributed by atoms with Crippen LogP contribution in [-0.2, 0) is 15.6 Å². The van der Waals surface area contributed by atoms with E-state index in [9.17, 15) is 31.1 Å². The van der Waals surface area contributed by atoms with Gasteiger partial charge in [-0.05, 0) is 48.5 Å². The van der Waals surface area contributed by atoms with Crippen molar-refractivity contribution in [2.45, 2.75) is 32.6 Å². The fourth-order valence-electron chi connectivity index (χ4n) is 2.83. The van der Waals surface area contributed by atoms with Gasteiger partial charge in [-0.1, -0.05) is 36.4 Å². The largest absolute Gasteiger partial charge is 0.458 e. The molecular formula is C23H17F6O3S+. The molecule has 0 fully saturated rings. The Balaban J connectivity index is 1.83. The van der Waals surface area contributed by atoms with E-state index in [2.05, 4.69) is 4.74 Å². The lowest BCUT2D eigenvalue weighted by molar-refractivity contribution is -0.374. The Morgan fingerprint density at radius 2 is 1.09 bits per heavy atom. The molecular weight excluding hydrogens is 470 g/mol. The van der Waals surface area contributed by atoms with Gasteiger partial charge in [0.05, 0.1) is 16.5 Å². The molecule has 0 saturated carbocycles. The fraction of sp³-hybridized carbons (Fsp3) is 0.174. The van der Waals surface area contributed by atoms with Gasteiger partial charge in [-0.25, -0.2) is 4.79 Å². The first-order chi connectivity index (χ1) is 15.4. The Morgan fingerprint density at radius 1 is 0.697 bits per heavy atom. The van der Waals surface area contributed by atoms with Crippen LogP contribution in [0.2, 0.25) is 0 Å². The van der Waals surface area contributed by atoms with Gasteiger partial charge < -0.3 is 9.84 Å². The summed E-state index contributed by atoms with van der Waals surface area (Å²) in [5.74, 6) is -1.42. The fourth-order valence-corrected chi connectivity index (χ4v) is 4.91. The molecule has 3 rings (SSSR count). The quantitative estimate of drug-likeness (QED) is 0.272. The van der Waals surface area contributed by atoms with E-state index < -0.39 is 41.4 Å². The molecule has 0 unspecified atom stereocenters. The van der Waals surface area contributed by atoms with Crippen LogP contribution >= 0.6 is 0 Å². The van der Waals surface area contributed by atoms with Gasteiger partial charge in [-0.2, -0.15) is 26.3 Å². The smallest absolute Gasteiger partial charge is 0.429 e. The van der Waals surface area contributed by atoms with Crippen LogP contribution in [0.15, 0.2) is 99.6 Å². The molecule has 0 heterocycles. The second-order valence-electron chi connectivity index (χ2n) is 6.89. The van der Waals surface area contributed by atoms with Crippen molar-refractivity contribution in [3.05, 3.63) is 90.5 Å². The number of aliphatic hydroxyl groups is 1. The standard InChI is InChI=1S/C23H17F6O3S/c24-22(25,26)21(31,23(27,28)29)15-32-20(30)16-11-13-19(14-12-16)33(17-7-3-1-4-8-17)18-9-5-2-6-10-18/h1-14,31H,15H2/q+1. The zero-order chi connectivity index (χ0) is 24.3. The maximum absolute atomic E-state index is 12.8. The van der Waals surface area contributed by atoms with E-state index in [0.717, 1.165) is 14.7 Å². The highest BCUT2D eigenvalue weighted by Crippen LogP contribution is 2.43. The minimum Gasteiger partial charge on any atom is -0.458 e. The van der Waals surface area contributed by atoms with Gasteiger partial charge in [0.2, 0.25) is 0 Å². The summed E-state index contributed by atoms with van der Waals surface area (Å²) in [6, 6.07) is 24.5. The molecule has 0 radical (unpaired) electrons. The van der Waals surface area contributed by atoms with E-state index in [4.69, 9.17) is 5.11 Å². The number of ether oxygens (including phenoxy) is 1. The van der Waals surface area contributed by atoms with Crippen molar-refractivity contribution in [2.75, 3.05) is 6.61 Å². The Labute approximate surface area is 188 Å². The van der Waals surface area contributed by atoms with Gasteiger partial charge in [0.1, 0.15) is 6.61 Å². The highest BCUT2D eigenvalue weighted by molar-refractivity contribution is 7.97. The summed E-state index contributed by atoms with van der Waals surface area (Å²) in [4.78, 5) is 14.8. The molecule has 1 N–H and O–H groups in total. The van der Waals surface area contributed by atoms with Crippen LogP contribution in [0.3, 0.4) is 0 Å². The Kier molecular flexibility index (Phi) is 7.08. The third-order valence-electron chi connectivity index (χ3n) is 4.63. The number of esters is 1. The molecule has 0 bridgehead atoms. The average molecular weight is 487 g/mol. The molecule has 0 saturated heterocycles. The summed E-state index contributed by atoms with van der Waals surface area (Å²) in [5, 5.41) is 9.12. The van der Waals surface area contributed by atoms with Crippen LogP contribution in [0.4, 0.5) is 26.3 Å². The summed E-state index contributed by atoms with van der Waals surface area (Å²) in [5.41, 5.74) is -5.42. The molecule has 3 nitrogen and oxygen atoms in total. The number of carbonyl (C=O) groups is 1. The van der Waals surface area contributed by atoms with Gasteiger partial charge in [0.25, 0.3) is 5.60 Å². The third kappa shape index (κ3) is 5.33. The molecule has 3 aromatic carbocycles. The minimum atomic E-state index is -6.07. The van der Waals surface area contributed by atoms with Crippen molar-refractivity contribution in [3.8, 4) is 0 Å². The highest BCUT2D eigenvalue weighted by Gasteiger charge is 2.71. The molecule has 33 heavy (non-hydrogen) atoms. The molecule has 0 aliphatic carbocycles. The van der Waals surface area contributed by atoms with E-state index in [1.807, 2.05) is 60.7 Å². The summed E-state index contributed by atoms with van der Waals surface area (Å²) in [6.45, 7) is -2.31. The summed E-state index contributed by atoms with van der Waals surface area (Å²) < 4.78 is 80.7. The molecule has 0 aliphatic heterocycles. The zero-order valence-corrected chi connectivity index (χ0v) is 17.5. The number of halogens is 6. The Hall–Kier alpha value is -2.98. The van der Waals surface area contributed by atoms with Gasteiger partial charge in [-0.3, -0.25) is 0 Å². The number of hydrogen-bond donors (Lipinski definition) is 1. The van der Waals surface area contributed by atoms with Gasteiger partial charge >= 0.3 is 18.3 Å².